The molecule has 2 rings (SSSR count). The van der Waals surface area contributed by atoms with E-state index in [0.717, 1.165) is 10.4 Å². The Morgan fingerprint density at radius 3 is 2.71 bits per heavy atom. The fraction of sp³-hybridized carbons (Fsp3) is 0.267. The highest BCUT2D eigenvalue weighted by Crippen LogP contribution is 2.34. The van der Waals surface area contributed by atoms with E-state index in [1.165, 1.54) is 23.5 Å². The third-order valence-electron chi connectivity index (χ3n) is 2.88. The smallest absolute Gasteiger partial charge is 0.349 e. The Morgan fingerprint density at radius 1 is 1.43 bits per heavy atom. The molecule has 0 aliphatic rings. The fourth-order valence-electron chi connectivity index (χ4n) is 1.73. The monoisotopic (exact) mass is 372 g/mol. The van der Waals surface area contributed by atoms with Gasteiger partial charge in [0.05, 0.1) is 0 Å². The zero-order valence-corrected chi connectivity index (χ0v) is 13.9. The molecule has 0 spiro atoms. The number of rotatable bonds is 5. The predicted molar refractivity (Wildman–Crippen MR) is 83.8 cm³/mol. The molecule has 2 aromatic rings. The Morgan fingerprint density at radius 2 is 2.14 bits per heavy atom. The van der Waals surface area contributed by atoms with Gasteiger partial charge in [-0.1, -0.05) is 35.8 Å². The van der Waals surface area contributed by atoms with Crippen LogP contribution < -0.4 is 4.74 Å². The van der Waals surface area contributed by atoms with Crippen molar-refractivity contribution in [3.63, 3.8) is 0 Å². The summed E-state index contributed by atoms with van der Waals surface area (Å²) in [7, 11) is 0. The maximum Gasteiger partial charge on any atom is 0.349 e. The van der Waals surface area contributed by atoms with Crippen molar-refractivity contribution in [2.45, 2.75) is 26.4 Å². The molecule has 6 heteroatoms. The third kappa shape index (κ3) is 3.83. The number of carboxylic acids is 1. The van der Waals surface area contributed by atoms with Gasteiger partial charge in [0.25, 0.3) is 0 Å². The molecule has 3 nitrogen and oxygen atoms in total. The van der Waals surface area contributed by atoms with Crippen molar-refractivity contribution in [3.05, 3.63) is 49.9 Å². The minimum atomic E-state index is -1.000. The van der Waals surface area contributed by atoms with E-state index in [9.17, 15) is 14.3 Å². The topological polar surface area (TPSA) is 46.5 Å². The quantitative estimate of drug-likeness (QED) is 0.798. The summed E-state index contributed by atoms with van der Waals surface area (Å²) in [6, 6.07) is 6.06. The molecule has 0 saturated carbocycles. The van der Waals surface area contributed by atoms with Gasteiger partial charge >= 0.3 is 5.97 Å². The molecule has 1 N–H and O–H groups in total. The summed E-state index contributed by atoms with van der Waals surface area (Å²) in [5, 5.41) is 9.22. The second kappa shape index (κ2) is 6.58. The number of benzene rings is 1. The molecule has 0 aliphatic heterocycles. The summed E-state index contributed by atoms with van der Waals surface area (Å²) in [6.07, 6.45) is 0. The van der Waals surface area contributed by atoms with Crippen LogP contribution in [0.1, 0.15) is 39.9 Å². The summed E-state index contributed by atoms with van der Waals surface area (Å²) in [4.78, 5) is 12.4. The molecular weight excluding hydrogens is 359 g/mol. The SMILES string of the molecule is CC(C)c1cc(OCc2ccc(F)cc2Br)c(C(=O)O)s1. The maximum absolute atomic E-state index is 13.0. The number of hydrogen-bond acceptors (Lipinski definition) is 3. The normalized spacial score (nSPS) is 10.9. The highest BCUT2D eigenvalue weighted by atomic mass is 79.9. The van der Waals surface area contributed by atoms with Gasteiger partial charge in [-0.3, -0.25) is 0 Å². The Balaban J connectivity index is 2.21. The summed E-state index contributed by atoms with van der Waals surface area (Å²) in [5.74, 6) is -0.745. The molecule has 0 aliphatic carbocycles. The van der Waals surface area contributed by atoms with Crippen LogP contribution in [0.3, 0.4) is 0 Å². The zero-order valence-electron chi connectivity index (χ0n) is 11.5. The second-order valence-corrected chi connectivity index (χ2v) is 6.76. The van der Waals surface area contributed by atoms with E-state index < -0.39 is 5.97 Å². The first-order valence-electron chi connectivity index (χ1n) is 6.32. The third-order valence-corrected chi connectivity index (χ3v) is 5.02. The van der Waals surface area contributed by atoms with E-state index in [1.807, 2.05) is 13.8 Å². The van der Waals surface area contributed by atoms with Gasteiger partial charge in [0.15, 0.2) is 4.88 Å². The van der Waals surface area contributed by atoms with E-state index in [2.05, 4.69) is 15.9 Å². The maximum atomic E-state index is 13.0. The average Bonchev–Trinajstić information content (AvgIpc) is 2.82. The molecule has 21 heavy (non-hydrogen) atoms. The van der Waals surface area contributed by atoms with Gasteiger partial charge in [-0.05, 0) is 24.1 Å². The molecule has 0 atom stereocenters. The van der Waals surface area contributed by atoms with Crippen molar-refractivity contribution >= 4 is 33.2 Å². The first-order valence-corrected chi connectivity index (χ1v) is 7.93. The van der Waals surface area contributed by atoms with Crippen molar-refractivity contribution in [1.82, 2.24) is 0 Å². The van der Waals surface area contributed by atoms with Gasteiger partial charge in [0.1, 0.15) is 18.2 Å². The lowest BCUT2D eigenvalue weighted by Gasteiger charge is -2.07. The predicted octanol–water partition coefficient (Wildman–Crippen LogP) is 5.05. The van der Waals surface area contributed by atoms with Crippen LogP contribution in [0.25, 0.3) is 0 Å². The van der Waals surface area contributed by atoms with Crippen molar-refractivity contribution in [3.8, 4) is 5.75 Å². The summed E-state index contributed by atoms with van der Waals surface area (Å²) >= 11 is 4.48. The largest absolute Gasteiger partial charge is 0.487 e. The van der Waals surface area contributed by atoms with Gasteiger partial charge in [-0.15, -0.1) is 11.3 Å². The lowest BCUT2D eigenvalue weighted by Crippen LogP contribution is -2.00. The van der Waals surface area contributed by atoms with E-state index >= 15 is 0 Å². The Hall–Kier alpha value is -1.40. The molecule has 0 amide bonds. The standard InChI is InChI=1S/C15H14BrFO3S/c1-8(2)13-6-12(14(21-13)15(18)19)20-7-9-3-4-10(17)5-11(9)16/h3-6,8H,7H2,1-2H3,(H,18,19). The zero-order chi connectivity index (χ0) is 15.6. The fourth-order valence-corrected chi connectivity index (χ4v) is 3.14. The van der Waals surface area contributed by atoms with Crippen LogP contribution in [-0.2, 0) is 6.61 Å². The minimum Gasteiger partial charge on any atom is -0.487 e. The Bertz CT molecular complexity index is 667. The number of hydrogen-bond donors (Lipinski definition) is 1. The highest BCUT2D eigenvalue weighted by Gasteiger charge is 2.18. The highest BCUT2D eigenvalue weighted by molar-refractivity contribution is 9.10. The Labute approximate surface area is 134 Å². The van der Waals surface area contributed by atoms with Crippen LogP contribution in [0.15, 0.2) is 28.7 Å². The van der Waals surface area contributed by atoms with Crippen molar-refractivity contribution in [2.75, 3.05) is 0 Å². The van der Waals surface area contributed by atoms with Gasteiger partial charge in [-0.2, -0.15) is 0 Å². The number of aromatic carboxylic acids is 1. The second-order valence-electron chi connectivity index (χ2n) is 4.83. The van der Waals surface area contributed by atoms with Crippen LogP contribution >= 0.6 is 27.3 Å². The van der Waals surface area contributed by atoms with Crippen LogP contribution in [0.5, 0.6) is 5.75 Å². The molecule has 1 heterocycles. The van der Waals surface area contributed by atoms with Crippen molar-refractivity contribution in [2.24, 2.45) is 0 Å². The number of halogens is 2. The lowest BCUT2D eigenvalue weighted by molar-refractivity contribution is 0.0697. The van der Waals surface area contributed by atoms with E-state index in [4.69, 9.17) is 4.74 Å². The molecular formula is C15H14BrFO3S. The van der Waals surface area contributed by atoms with E-state index in [1.54, 1.807) is 12.1 Å². The first kappa shape index (κ1) is 16.0. The first-order chi connectivity index (χ1) is 9.88. The molecule has 112 valence electrons. The molecule has 0 fully saturated rings. The van der Waals surface area contributed by atoms with Crippen LogP contribution in [-0.4, -0.2) is 11.1 Å². The van der Waals surface area contributed by atoms with Crippen molar-refractivity contribution < 1.29 is 19.0 Å². The summed E-state index contributed by atoms with van der Waals surface area (Å²) in [5.41, 5.74) is 0.755. The van der Waals surface area contributed by atoms with Gasteiger partial charge in [0, 0.05) is 14.9 Å². The van der Waals surface area contributed by atoms with Gasteiger partial charge in [-0.25, -0.2) is 9.18 Å². The van der Waals surface area contributed by atoms with E-state index in [-0.39, 0.29) is 23.2 Å². The molecule has 0 bridgehead atoms. The number of carboxylic acid groups (broad SMARTS) is 1. The minimum absolute atomic E-state index is 0.176. The van der Waals surface area contributed by atoms with Gasteiger partial charge < -0.3 is 9.84 Å². The van der Waals surface area contributed by atoms with Crippen LogP contribution in [0, 0.1) is 5.82 Å². The molecule has 1 aromatic carbocycles. The number of carbonyl (C=O) groups is 1. The number of thiophene rings is 1. The average molecular weight is 373 g/mol. The molecule has 0 radical (unpaired) electrons. The molecule has 0 unspecified atom stereocenters. The van der Waals surface area contributed by atoms with Crippen LogP contribution in [0.4, 0.5) is 4.39 Å². The van der Waals surface area contributed by atoms with Crippen molar-refractivity contribution in [1.29, 1.82) is 0 Å². The summed E-state index contributed by atoms with van der Waals surface area (Å²) < 4.78 is 19.2. The van der Waals surface area contributed by atoms with Crippen LogP contribution in [0.2, 0.25) is 0 Å². The lowest BCUT2D eigenvalue weighted by atomic mass is 10.2. The Kier molecular flexibility index (Phi) is 5.00. The summed E-state index contributed by atoms with van der Waals surface area (Å²) in [6.45, 7) is 4.17. The van der Waals surface area contributed by atoms with E-state index in [0.29, 0.717) is 10.2 Å². The molecule has 0 saturated heterocycles. The molecule has 1 aromatic heterocycles. The number of ether oxygens (including phenoxy) is 1. The van der Waals surface area contributed by atoms with Gasteiger partial charge in [0.2, 0.25) is 0 Å².